The van der Waals surface area contributed by atoms with Crippen molar-refractivity contribution < 1.29 is 26.5 Å². The van der Waals surface area contributed by atoms with Crippen LogP contribution in [0.3, 0.4) is 0 Å². The molecule has 2 heterocycles. The van der Waals surface area contributed by atoms with Crippen molar-refractivity contribution in [2.45, 2.75) is 37.5 Å². The summed E-state index contributed by atoms with van der Waals surface area (Å²) in [4.78, 5) is 16.9. The van der Waals surface area contributed by atoms with Gasteiger partial charge in [-0.15, -0.1) is 0 Å². The number of halogens is 1. The highest BCUT2D eigenvalue weighted by Crippen LogP contribution is 2.31. The number of anilines is 1. The number of carbonyl (C=O) groups is 1. The Balaban J connectivity index is 1.52. The number of aryl methyl sites for hydroxylation is 1. The highest BCUT2D eigenvalue weighted by Gasteiger charge is 2.20. The molecule has 0 fully saturated rings. The largest absolute Gasteiger partial charge is 0.456 e. The summed E-state index contributed by atoms with van der Waals surface area (Å²) in [5.74, 6) is -0.789. The van der Waals surface area contributed by atoms with Crippen LogP contribution in [0.1, 0.15) is 36.1 Å². The molecule has 0 saturated heterocycles. The first kappa shape index (κ1) is 21.5. The third-order valence-corrected chi connectivity index (χ3v) is 6.56. The van der Waals surface area contributed by atoms with E-state index in [1.807, 2.05) is 20.8 Å². The molecule has 1 N–H and O–H groups in total. The van der Waals surface area contributed by atoms with Crippen molar-refractivity contribution in [3.63, 3.8) is 0 Å². The summed E-state index contributed by atoms with van der Waals surface area (Å²) in [5, 5.41) is 7.00. The first-order chi connectivity index (χ1) is 18.0. The van der Waals surface area contributed by atoms with Gasteiger partial charge in [0.25, 0.3) is 0 Å². The minimum absolute atomic E-state index is 0.0550. The number of rotatable bonds is 6. The second kappa shape index (κ2) is 9.34. The first-order valence-corrected chi connectivity index (χ1v) is 12.9. The topological polar surface area (TPSA) is 103 Å². The normalized spacial score (nSPS) is 13.6. The van der Waals surface area contributed by atoms with Crippen LogP contribution in [0.2, 0.25) is 0 Å². The summed E-state index contributed by atoms with van der Waals surface area (Å²) in [6, 6.07) is 11.5. The quantitative estimate of drug-likeness (QED) is 0.398. The molecule has 0 aliphatic heterocycles. The molecule has 0 atom stereocenters. The predicted octanol–water partition coefficient (Wildman–Crippen LogP) is 4.78. The number of pyridine rings is 1. The summed E-state index contributed by atoms with van der Waals surface area (Å²) in [6.07, 6.45) is 2.26. The third kappa shape index (κ3) is 5.54. The van der Waals surface area contributed by atoms with Gasteiger partial charge in [-0.2, -0.15) is 5.10 Å². The maximum Gasteiger partial charge on any atom is 0.230 e. The maximum absolute atomic E-state index is 14.9. The Morgan fingerprint density at radius 3 is 2.58 bits per heavy atom. The van der Waals surface area contributed by atoms with Crippen LogP contribution in [0.15, 0.2) is 59.6 Å². The number of hydrogen-bond donors (Lipinski definition) is 1. The number of hydrogen-bond acceptors (Lipinski definition) is 6. The van der Waals surface area contributed by atoms with Gasteiger partial charge < -0.3 is 10.1 Å². The highest BCUT2D eigenvalue weighted by molar-refractivity contribution is 7.90. The zero-order chi connectivity index (χ0) is 28.8. The van der Waals surface area contributed by atoms with E-state index >= 15 is 0 Å². The van der Waals surface area contributed by atoms with Crippen LogP contribution in [0.5, 0.6) is 11.5 Å². The van der Waals surface area contributed by atoms with Gasteiger partial charge in [-0.25, -0.2) is 12.8 Å². The van der Waals surface area contributed by atoms with Crippen molar-refractivity contribution >= 4 is 32.5 Å². The molecule has 4 rings (SSSR count). The first-order valence-electron chi connectivity index (χ1n) is 12.5. The lowest BCUT2D eigenvalue weighted by Crippen LogP contribution is -2.16. The van der Waals surface area contributed by atoms with Gasteiger partial charge in [-0.05, 0) is 35.9 Å². The number of sulfone groups is 1. The lowest BCUT2D eigenvalue weighted by atomic mass is 9.92. The van der Waals surface area contributed by atoms with E-state index in [0.29, 0.717) is 16.6 Å². The Kier molecular flexibility index (Phi) is 5.58. The van der Waals surface area contributed by atoms with E-state index in [9.17, 15) is 17.6 Å². The van der Waals surface area contributed by atoms with E-state index in [4.69, 9.17) is 8.85 Å². The lowest BCUT2D eigenvalue weighted by molar-refractivity contribution is -0.115. The molecule has 1 amide bonds. The second-order valence-corrected chi connectivity index (χ2v) is 11.4. The van der Waals surface area contributed by atoms with Crippen LogP contribution in [0.25, 0.3) is 10.9 Å². The van der Waals surface area contributed by atoms with Crippen molar-refractivity contribution in [2.75, 3.05) is 11.6 Å². The van der Waals surface area contributed by atoms with Gasteiger partial charge in [-0.1, -0.05) is 26.8 Å². The number of nitrogens with zero attached hydrogens (tertiary/aromatic N) is 3. The maximum atomic E-state index is 14.9. The smallest absolute Gasteiger partial charge is 0.230 e. The van der Waals surface area contributed by atoms with E-state index in [1.165, 1.54) is 42.6 Å². The van der Waals surface area contributed by atoms with E-state index < -0.39 is 34.0 Å². The van der Waals surface area contributed by atoms with Crippen LogP contribution in [0, 0.1) is 5.82 Å². The number of amides is 1. The molecule has 0 aliphatic rings. The Bertz CT molecular complexity index is 1650. The average Bonchev–Trinajstić information content (AvgIpc) is 3.25. The zero-order valence-electron chi connectivity index (χ0n) is 23.2. The molecule has 0 radical (unpaired) electrons. The predicted molar refractivity (Wildman–Crippen MR) is 136 cm³/mol. The van der Waals surface area contributed by atoms with E-state index in [-0.39, 0.29) is 34.2 Å². The van der Waals surface area contributed by atoms with Crippen molar-refractivity contribution in [3.05, 3.63) is 71.8 Å². The van der Waals surface area contributed by atoms with Crippen molar-refractivity contribution in [1.82, 2.24) is 14.8 Å². The number of fused-ring (bicyclic) bond motifs is 1. The van der Waals surface area contributed by atoms with Gasteiger partial charge in [0.1, 0.15) is 17.3 Å². The summed E-state index contributed by atoms with van der Waals surface area (Å²) in [7, 11) is -3.46. The molecular formula is C26H27FN4O4S. The van der Waals surface area contributed by atoms with Crippen molar-refractivity contribution in [1.29, 1.82) is 0 Å². The number of aromatic nitrogens is 3. The fourth-order valence-corrected chi connectivity index (χ4v) is 4.27. The third-order valence-electron chi connectivity index (χ3n) is 5.45. The Morgan fingerprint density at radius 2 is 1.94 bits per heavy atom. The molecule has 10 heteroatoms. The van der Waals surface area contributed by atoms with E-state index in [0.717, 1.165) is 17.0 Å². The monoisotopic (exact) mass is 513 g/mol. The van der Waals surface area contributed by atoms with Gasteiger partial charge in [-0.3, -0.25) is 14.5 Å². The lowest BCUT2D eigenvalue weighted by Gasteiger charge is -2.17. The average molecular weight is 514 g/mol. The minimum Gasteiger partial charge on any atom is -0.456 e. The molecule has 2 aromatic heterocycles. The molecule has 188 valence electrons. The standard InChI is InChI=1S/C26H27FN4O4S/c1-26(2,3)23-15-24(30-31(23)4)29-25(32)12-16-6-7-17(13-20(16)27)35-22-10-11-28-21-9-8-18(14-19(21)22)36(5,33)34/h6-11,13-15H,12H2,1-5H3,(H,29,30,32)/i4D3. The van der Waals surface area contributed by atoms with Gasteiger partial charge in [0.15, 0.2) is 15.7 Å². The molecule has 2 aromatic carbocycles. The second-order valence-electron chi connectivity index (χ2n) is 9.42. The summed E-state index contributed by atoms with van der Waals surface area (Å²) in [6.45, 7) is 2.96. The minimum atomic E-state index is -3.46. The van der Waals surface area contributed by atoms with E-state index in [2.05, 4.69) is 15.4 Å². The fraction of sp³-hybridized carbons (Fsp3) is 0.269. The highest BCUT2D eigenvalue weighted by atomic mass is 32.2. The molecule has 36 heavy (non-hydrogen) atoms. The van der Waals surface area contributed by atoms with Crippen LogP contribution in [-0.4, -0.2) is 35.3 Å². The zero-order valence-corrected chi connectivity index (χ0v) is 21.0. The van der Waals surface area contributed by atoms with Crippen LogP contribution >= 0.6 is 0 Å². The summed E-state index contributed by atoms with van der Waals surface area (Å²) in [5.41, 5.74) is 0.464. The van der Waals surface area contributed by atoms with Gasteiger partial charge in [0.2, 0.25) is 5.91 Å². The molecule has 8 nitrogen and oxygen atoms in total. The van der Waals surface area contributed by atoms with E-state index in [1.54, 1.807) is 6.07 Å². The number of carbonyl (C=O) groups excluding carboxylic acids is 1. The number of ether oxygens (including phenoxy) is 1. The SMILES string of the molecule is [2H]C([2H])([2H])n1nc(NC(=O)Cc2ccc(Oc3ccnc4ccc(S(C)(=O)=O)cc34)cc2F)cc1C(C)(C)C. The van der Waals surface area contributed by atoms with Crippen LogP contribution in [-0.2, 0) is 33.4 Å². The van der Waals surface area contributed by atoms with Crippen molar-refractivity contribution in [3.8, 4) is 11.5 Å². The number of benzene rings is 2. The molecule has 0 aliphatic carbocycles. The fourth-order valence-electron chi connectivity index (χ4n) is 3.62. The Morgan fingerprint density at radius 1 is 1.17 bits per heavy atom. The Labute approximate surface area is 213 Å². The van der Waals surface area contributed by atoms with Crippen LogP contribution in [0.4, 0.5) is 10.2 Å². The number of nitrogens with one attached hydrogen (secondary N) is 1. The molecule has 4 aromatic rings. The van der Waals surface area contributed by atoms with Crippen LogP contribution < -0.4 is 10.1 Å². The molecule has 0 bridgehead atoms. The molecular weight excluding hydrogens is 483 g/mol. The molecule has 0 saturated carbocycles. The molecule has 0 unspecified atom stereocenters. The van der Waals surface area contributed by atoms with Crippen molar-refractivity contribution in [2.24, 2.45) is 6.98 Å². The van der Waals surface area contributed by atoms with Gasteiger partial charge in [0.05, 0.1) is 16.8 Å². The van der Waals surface area contributed by atoms with Gasteiger partial charge in [0, 0.05) is 52.2 Å². The molecule has 0 spiro atoms. The summed E-state index contributed by atoms with van der Waals surface area (Å²) < 4.78 is 68.7. The summed E-state index contributed by atoms with van der Waals surface area (Å²) >= 11 is 0. The van der Waals surface area contributed by atoms with Gasteiger partial charge >= 0.3 is 0 Å². The Hall–Kier alpha value is -3.79.